The summed E-state index contributed by atoms with van der Waals surface area (Å²) < 4.78 is 5.55. The molecular formula is C10H21ClN2O2. The summed E-state index contributed by atoms with van der Waals surface area (Å²) in [6.45, 7) is 6.01. The van der Waals surface area contributed by atoms with E-state index in [4.69, 9.17) is 10.5 Å². The summed E-state index contributed by atoms with van der Waals surface area (Å²) in [6.07, 6.45) is 1.65. The molecule has 1 aliphatic rings. The number of carbonyl (C=O) groups excluding carboxylic acids is 1. The SMILES string of the molecule is CC1CN(C(=O)CCCN)CC(C)O1.Cl. The zero-order valence-electron chi connectivity index (χ0n) is 9.44. The molecule has 0 bridgehead atoms. The summed E-state index contributed by atoms with van der Waals surface area (Å²) in [4.78, 5) is 13.5. The van der Waals surface area contributed by atoms with E-state index in [0.29, 0.717) is 26.1 Å². The Morgan fingerprint density at radius 2 is 1.93 bits per heavy atom. The molecule has 0 spiro atoms. The number of halogens is 1. The second-order valence-electron chi connectivity index (χ2n) is 3.95. The van der Waals surface area contributed by atoms with Gasteiger partial charge in [0, 0.05) is 19.5 Å². The minimum atomic E-state index is 0. The Morgan fingerprint density at radius 3 is 2.40 bits per heavy atom. The number of ether oxygens (including phenoxy) is 1. The van der Waals surface area contributed by atoms with E-state index in [9.17, 15) is 4.79 Å². The van der Waals surface area contributed by atoms with Crippen molar-refractivity contribution in [3.8, 4) is 0 Å². The van der Waals surface area contributed by atoms with E-state index in [1.165, 1.54) is 0 Å². The lowest BCUT2D eigenvalue weighted by molar-refractivity contribution is -0.143. The summed E-state index contributed by atoms with van der Waals surface area (Å²) in [6, 6.07) is 0. The molecule has 1 rings (SSSR count). The Balaban J connectivity index is 0.00000196. The van der Waals surface area contributed by atoms with Gasteiger partial charge in [0.2, 0.25) is 5.91 Å². The summed E-state index contributed by atoms with van der Waals surface area (Å²) in [5, 5.41) is 0. The standard InChI is InChI=1S/C10H20N2O2.ClH/c1-8-6-12(7-9(2)14-8)10(13)4-3-5-11;/h8-9H,3-7,11H2,1-2H3;1H. The number of amides is 1. The van der Waals surface area contributed by atoms with Gasteiger partial charge >= 0.3 is 0 Å². The molecule has 0 aromatic rings. The van der Waals surface area contributed by atoms with Crippen LogP contribution in [0.5, 0.6) is 0 Å². The number of carbonyl (C=O) groups is 1. The quantitative estimate of drug-likeness (QED) is 0.788. The molecule has 90 valence electrons. The number of rotatable bonds is 3. The molecule has 2 atom stereocenters. The Bertz CT molecular complexity index is 192. The molecule has 0 aliphatic carbocycles. The summed E-state index contributed by atoms with van der Waals surface area (Å²) in [7, 11) is 0. The summed E-state index contributed by atoms with van der Waals surface area (Å²) in [5.41, 5.74) is 5.37. The molecule has 1 fully saturated rings. The van der Waals surface area contributed by atoms with Crippen molar-refractivity contribution < 1.29 is 9.53 Å². The van der Waals surface area contributed by atoms with Crippen molar-refractivity contribution >= 4 is 18.3 Å². The minimum Gasteiger partial charge on any atom is -0.372 e. The van der Waals surface area contributed by atoms with Gasteiger partial charge in [-0.1, -0.05) is 0 Å². The molecular weight excluding hydrogens is 216 g/mol. The van der Waals surface area contributed by atoms with Crippen LogP contribution >= 0.6 is 12.4 Å². The summed E-state index contributed by atoms with van der Waals surface area (Å²) >= 11 is 0. The van der Waals surface area contributed by atoms with Crippen LogP contribution in [0.2, 0.25) is 0 Å². The Kier molecular flexibility index (Phi) is 6.89. The van der Waals surface area contributed by atoms with Crippen LogP contribution in [0.1, 0.15) is 26.7 Å². The van der Waals surface area contributed by atoms with Crippen molar-refractivity contribution in [3.63, 3.8) is 0 Å². The van der Waals surface area contributed by atoms with Gasteiger partial charge < -0.3 is 15.4 Å². The van der Waals surface area contributed by atoms with Crippen molar-refractivity contribution in [2.24, 2.45) is 5.73 Å². The highest BCUT2D eigenvalue weighted by Gasteiger charge is 2.24. The Morgan fingerprint density at radius 1 is 1.40 bits per heavy atom. The smallest absolute Gasteiger partial charge is 0.222 e. The van der Waals surface area contributed by atoms with E-state index in [-0.39, 0.29) is 30.5 Å². The van der Waals surface area contributed by atoms with Gasteiger partial charge in [-0.05, 0) is 26.8 Å². The minimum absolute atomic E-state index is 0. The fourth-order valence-corrected chi connectivity index (χ4v) is 1.79. The van der Waals surface area contributed by atoms with Gasteiger partial charge in [-0.3, -0.25) is 4.79 Å². The third kappa shape index (κ3) is 4.82. The second kappa shape index (κ2) is 7.04. The molecule has 2 N–H and O–H groups in total. The normalized spacial score (nSPS) is 25.9. The van der Waals surface area contributed by atoms with Crippen LogP contribution in [0, 0.1) is 0 Å². The fraction of sp³-hybridized carbons (Fsp3) is 0.900. The van der Waals surface area contributed by atoms with E-state index >= 15 is 0 Å². The van der Waals surface area contributed by atoms with E-state index in [2.05, 4.69) is 0 Å². The van der Waals surface area contributed by atoms with Crippen molar-refractivity contribution in [1.29, 1.82) is 0 Å². The van der Waals surface area contributed by atoms with Crippen LogP contribution in [0.25, 0.3) is 0 Å². The third-order valence-corrected chi connectivity index (χ3v) is 2.37. The summed E-state index contributed by atoms with van der Waals surface area (Å²) in [5.74, 6) is 0.206. The molecule has 15 heavy (non-hydrogen) atoms. The predicted octanol–water partition coefficient (Wildman–Crippen LogP) is 0.783. The van der Waals surface area contributed by atoms with Crippen molar-refractivity contribution in [2.75, 3.05) is 19.6 Å². The maximum atomic E-state index is 11.7. The number of morpholine rings is 1. The van der Waals surface area contributed by atoms with Crippen LogP contribution in [-0.2, 0) is 9.53 Å². The number of nitrogens with zero attached hydrogens (tertiary/aromatic N) is 1. The van der Waals surface area contributed by atoms with Gasteiger partial charge in [0.25, 0.3) is 0 Å². The van der Waals surface area contributed by atoms with Crippen LogP contribution in [0.15, 0.2) is 0 Å². The van der Waals surface area contributed by atoms with E-state index in [1.54, 1.807) is 0 Å². The van der Waals surface area contributed by atoms with Crippen molar-refractivity contribution in [2.45, 2.75) is 38.9 Å². The maximum absolute atomic E-state index is 11.7. The van der Waals surface area contributed by atoms with Gasteiger partial charge in [-0.25, -0.2) is 0 Å². The molecule has 4 nitrogen and oxygen atoms in total. The highest BCUT2D eigenvalue weighted by molar-refractivity contribution is 5.85. The second-order valence-corrected chi connectivity index (χ2v) is 3.95. The number of nitrogens with two attached hydrogens (primary N) is 1. The highest BCUT2D eigenvalue weighted by atomic mass is 35.5. The zero-order valence-corrected chi connectivity index (χ0v) is 10.3. The molecule has 1 heterocycles. The molecule has 5 heteroatoms. The molecule has 1 aliphatic heterocycles. The lowest BCUT2D eigenvalue weighted by Gasteiger charge is -2.35. The van der Waals surface area contributed by atoms with E-state index < -0.39 is 0 Å². The molecule has 0 aromatic heterocycles. The lowest BCUT2D eigenvalue weighted by Crippen LogP contribution is -2.48. The first-order valence-corrected chi connectivity index (χ1v) is 5.26. The molecule has 0 saturated carbocycles. The van der Waals surface area contributed by atoms with Crippen molar-refractivity contribution in [1.82, 2.24) is 4.90 Å². The maximum Gasteiger partial charge on any atom is 0.222 e. The van der Waals surface area contributed by atoms with Gasteiger partial charge in [-0.15, -0.1) is 12.4 Å². The largest absolute Gasteiger partial charge is 0.372 e. The van der Waals surface area contributed by atoms with E-state index in [1.807, 2.05) is 18.7 Å². The third-order valence-electron chi connectivity index (χ3n) is 2.37. The zero-order chi connectivity index (χ0) is 10.6. The number of hydrogen-bond donors (Lipinski definition) is 1. The van der Waals surface area contributed by atoms with Crippen LogP contribution in [-0.4, -0.2) is 42.6 Å². The van der Waals surface area contributed by atoms with Crippen LogP contribution in [0.3, 0.4) is 0 Å². The fourth-order valence-electron chi connectivity index (χ4n) is 1.79. The van der Waals surface area contributed by atoms with Gasteiger partial charge in [0.1, 0.15) is 0 Å². The lowest BCUT2D eigenvalue weighted by atomic mass is 10.2. The Labute approximate surface area is 97.5 Å². The monoisotopic (exact) mass is 236 g/mol. The molecule has 1 amide bonds. The first-order chi connectivity index (χ1) is 6.63. The molecule has 0 aromatic carbocycles. The topological polar surface area (TPSA) is 55.6 Å². The van der Waals surface area contributed by atoms with E-state index in [0.717, 1.165) is 6.42 Å². The first-order valence-electron chi connectivity index (χ1n) is 5.26. The van der Waals surface area contributed by atoms with Crippen LogP contribution < -0.4 is 5.73 Å². The number of hydrogen-bond acceptors (Lipinski definition) is 3. The molecule has 0 radical (unpaired) electrons. The molecule has 1 saturated heterocycles. The highest BCUT2D eigenvalue weighted by Crippen LogP contribution is 2.11. The Hall–Kier alpha value is -0.320. The van der Waals surface area contributed by atoms with Gasteiger partial charge in [0.05, 0.1) is 12.2 Å². The average molecular weight is 237 g/mol. The molecule has 2 unspecified atom stereocenters. The first kappa shape index (κ1) is 14.7. The predicted molar refractivity (Wildman–Crippen MR) is 62.1 cm³/mol. The van der Waals surface area contributed by atoms with Gasteiger partial charge in [-0.2, -0.15) is 0 Å². The van der Waals surface area contributed by atoms with Gasteiger partial charge in [0.15, 0.2) is 0 Å². The van der Waals surface area contributed by atoms with Crippen LogP contribution in [0.4, 0.5) is 0 Å². The average Bonchev–Trinajstić information content (AvgIpc) is 2.12. The van der Waals surface area contributed by atoms with Crippen molar-refractivity contribution in [3.05, 3.63) is 0 Å².